The number of imidazole rings is 1. The van der Waals surface area contributed by atoms with Gasteiger partial charge in [-0.15, -0.1) is 0 Å². The molecule has 2 N–H and O–H groups in total. The van der Waals surface area contributed by atoms with Crippen LogP contribution < -0.4 is 5.73 Å². The largest absolute Gasteiger partial charge is 0.383 e. The maximum Gasteiger partial charge on any atom is 0.132 e. The summed E-state index contributed by atoms with van der Waals surface area (Å²) in [5.41, 5.74) is 7.96. The van der Waals surface area contributed by atoms with Gasteiger partial charge in [0.25, 0.3) is 0 Å². The fraction of sp³-hybridized carbons (Fsp3) is 0.400. The number of nitrogens with two attached hydrogens (primary N) is 1. The zero-order chi connectivity index (χ0) is 15.1. The lowest BCUT2D eigenvalue weighted by Crippen LogP contribution is -2.25. The van der Waals surface area contributed by atoms with E-state index in [0.717, 1.165) is 28.0 Å². The van der Waals surface area contributed by atoms with Gasteiger partial charge < -0.3 is 10.3 Å². The molecule has 0 aliphatic rings. The minimum Gasteiger partial charge on any atom is -0.383 e. The minimum absolute atomic E-state index is 0.105. The predicted molar refractivity (Wildman–Crippen MR) is 89.2 cm³/mol. The summed E-state index contributed by atoms with van der Waals surface area (Å²) in [4.78, 5) is 4.72. The highest BCUT2D eigenvalue weighted by atomic mass is 79.9. The third-order valence-electron chi connectivity index (χ3n) is 3.15. The number of aryl methyl sites for hydroxylation is 1. The number of benzene rings is 1. The van der Waals surface area contributed by atoms with E-state index in [0.29, 0.717) is 10.8 Å². The molecule has 0 bridgehead atoms. The molecule has 5 heteroatoms. The van der Waals surface area contributed by atoms with Crippen LogP contribution >= 0.6 is 27.5 Å². The van der Waals surface area contributed by atoms with Gasteiger partial charge in [0.05, 0.1) is 0 Å². The molecule has 0 saturated heterocycles. The van der Waals surface area contributed by atoms with Crippen molar-refractivity contribution in [3.8, 4) is 11.3 Å². The van der Waals surface area contributed by atoms with E-state index >= 15 is 0 Å². The van der Waals surface area contributed by atoms with Crippen LogP contribution in [0.5, 0.6) is 0 Å². The van der Waals surface area contributed by atoms with Gasteiger partial charge in [-0.3, -0.25) is 0 Å². The fourth-order valence-electron chi connectivity index (χ4n) is 2.34. The van der Waals surface area contributed by atoms with E-state index in [4.69, 9.17) is 22.3 Å². The van der Waals surface area contributed by atoms with Crippen molar-refractivity contribution in [3.05, 3.63) is 33.5 Å². The number of halogens is 2. The molecule has 20 heavy (non-hydrogen) atoms. The number of nitrogens with zero attached hydrogens (tertiary/aromatic N) is 2. The van der Waals surface area contributed by atoms with Gasteiger partial charge in [-0.2, -0.15) is 0 Å². The summed E-state index contributed by atoms with van der Waals surface area (Å²) in [6.07, 6.45) is 0.833. The molecule has 0 amide bonds. The first-order valence-corrected chi connectivity index (χ1v) is 7.75. The molecule has 0 unspecified atom stereocenters. The average molecular weight is 357 g/mol. The van der Waals surface area contributed by atoms with Crippen LogP contribution in [-0.2, 0) is 12.0 Å². The van der Waals surface area contributed by atoms with Crippen molar-refractivity contribution in [1.29, 1.82) is 0 Å². The molecule has 1 aromatic carbocycles. The van der Waals surface area contributed by atoms with Crippen LogP contribution in [0.2, 0.25) is 5.02 Å². The molecule has 108 valence electrons. The van der Waals surface area contributed by atoms with Gasteiger partial charge in [-0.1, -0.05) is 34.5 Å². The fourth-order valence-corrected chi connectivity index (χ4v) is 2.95. The van der Waals surface area contributed by atoms with Crippen molar-refractivity contribution in [2.75, 3.05) is 5.73 Å². The van der Waals surface area contributed by atoms with Crippen LogP contribution in [0.1, 0.15) is 33.5 Å². The third kappa shape index (κ3) is 2.72. The Balaban J connectivity index is 2.71. The second-order valence-electron chi connectivity index (χ2n) is 5.75. The molecule has 1 aromatic heterocycles. The van der Waals surface area contributed by atoms with Crippen molar-refractivity contribution in [3.63, 3.8) is 0 Å². The van der Waals surface area contributed by atoms with E-state index in [1.165, 1.54) is 0 Å². The Morgan fingerprint density at radius 1 is 1.35 bits per heavy atom. The molecule has 1 heterocycles. The summed E-state index contributed by atoms with van der Waals surface area (Å²) in [5.74, 6) is 1.66. The van der Waals surface area contributed by atoms with E-state index in [1.54, 1.807) is 0 Å². The Labute approximate surface area is 133 Å². The number of hydrogen-bond donors (Lipinski definition) is 1. The van der Waals surface area contributed by atoms with Gasteiger partial charge in [0, 0.05) is 27.0 Å². The summed E-state index contributed by atoms with van der Waals surface area (Å²) < 4.78 is 3.03. The maximum atomic E-state index is 6.35. The van der Waals surface area contributed by atoms with E-state index in [9.17, 15) is 0 Å². The van der Waals surface area contributed by atoms with Gasteiger partial charge in [0.15, 0.2) is 0 Å². The van der Waals surface area contributed by atoms with Gasteiger partial charge in [-0.05, 0) is 39.0 Å². The van der Waals surface area contributed by atoms with Gasteiger partial charge in [-0.25, -0.2) is 4.98 Å². The zero-order valence-electron chi connectivity index (χ0n) is 12.2. The SMILES string of the molecule is CCc1nc(-c2cc(Cl)ccc2Br)c(N)n1C(C)(C)C. The predicted octanol–water partition coefficient (Wildman–Crippen LogP) is 4.87. The summed E-state index contributed by atoms with van der Waals surface area (Å²) in [7, 11) is 0. The Bertz CT molecular complexity index is 641. The van der Waals surface area contributed by atoms with Gasteiger partial charge >= 0.3 is 0 Å². The molecule has 3 nitrogen and oxygen atoms in total. The number of rotatable bonds is 2. The summed E-state index contributed by atoms with van der Waals surface area (Å²) in [6.45, 7) is 8.46. The molecule has 0 aliphatic heterocycles. The second-order valence-corrected chi connectivity index (χ2v) is 7.04. The Kier molecular flexibility index (Phi) is 4.17. The molecule has 0 saturated carbocycles. The van der Waals surface area contributed by atoms with E-state index in [-0.39, 0.29) is 5.54 Å². The summed E-state index contributed by atoms with van der Waals surface area (Å²) >= 11 is 9.64. The van der Waals surface area contributed by atoms with Gasteiger partial charge in [0.1, 0.15) is 17.3 Å². The Morgan fingerprint density at radius 2 is 2.00 bits per heavy atom. The van der Waals surface area contributed by atoms with E-state index < -0.39 is 0 Å². The normalized spacial score (nSPS) is 11.9. The molecule has 0 aliphatic carbocycles. The molecule has 0 spiro atoms. The van der Waals surface area contributed by atoms with Crippen molar-refractivity contribution in [2.24, 2.45) is 0 Å². The van der Waals surface area contributed by atoms with Crippen LogP contribution in [0, 0.1) is 0 Å². The molecule has 2 aromatic rings. The van der Waals surface area contributed by atoms with Crippen molar-refractivity contribution < 1.29 is 0 Å². The quantitative estimate of drug-likeness (QED) is 0.834. The minimum atomic E-state index is -0.105. The summed E-state index contributed by atoms with van der Waals surface area (Å²) in [6, 6.07) is 5.64. The first kappa shape index (κ1) is 15.4. The highest BCUT2D eigenvalue weighted by Gasteiger charge is 2.24. The number of hydrogen-bond acceptors (Lipinski definition) is 2. The van der Waals surface area contributed by atoms with Crippen LogP contribution in [0.3, 0.4) is 0 Å². The second kappa shape index (κ2) is 5.41. The topological polar surface area (TPSA) is 43.8 Å². The molecular weight excluding hydrogens is 338 g/mol. The molecule has 0 atom stereocenters. The first-order chi connectivity index (χ1) is 9.25. The lowest BCUT2D eigenvalue weighted by molar-refractivity contribution is 0.389. The molecule has 0 fully saturated rings. The highest BCUT2D eigenvalue weighted by Crippen LogP contribution is 2.36. The number of nitrogen functional groups attached to an aromatic ring is 1. The lowest BCUT2D eigenvalue weighted by atomic mass is 10.1. The Hall–Kier alpha value is -1.00. The summed E-state index contributed by atoms with van der Waals surface area (Å²) in [5, 5.41) is 0.672. The zero-order valence-corrected chi connectivity index (χ0v) is 14.5. The van der Waals surface area contributed by atoms with E-state index in [1.807, 2.05) is 18.2 Å². The monoisotopic (exact) mass is 355 g/mol. The van der Waals surface area contributed by atoms with Gasteiger partial charge in [0.2, 0.25) is 0 Å². The smallest absolute Gasteiger partial charge is 0.132 e. The van der Waals surface area contributed by atoms with Crippen molar-refractivity contribution in [1.82, 2.24) is 9.55 Å². The molecule has 2 rings (SSSR count). The lowest BCUT2D eigenvalue weighted by Gasteiger charge is -2.24. The standard InChI is InChI=1S/C15H19BrClN3/c1-5-12-19-13(14(18)20(12)15(2,3)4)10-8-9(17)6-7-11(10)16/h6-8H,5,18H2,1-4H3. The van der Waals surface area contributed by atoms with Crippen LogP contribution in [-0.4, -0.2) is 9.55 Å². The number of aromatic nitrogens is 2. The maximum absolute atomic E-state index is 6.35. The van der Waals surface area contributed by atoms with E-state index in [2.05, 4.69) is 48.2 Å². The average Bonchev–Trinajstić information content (AvgIpc) is 2.69. The molecular formula is C15H19BrClN3. The van der Waals surface area contributed by atoms with Crippen molar-refractivity contribution in [2.45, 2.75) is 39.7 Å². The van der Waals surface area contributed by atoms with Crippen LogP contribution in [0.25, 0.3) is 11.3 Å². The van der Waals surface area contributed by atoms with Crippen LogP contribution in [0.15, 0.2) is 22.7 Å². The first-order valence-electron chi connectivity index (χ1n) is 6.58. The Morgan fingerprint density at radius 3 is 2.50 bits per heavy atom. The van der Waals surface area contributed by atoms with Crippen molar-refractivity contribution >= 4 is 33.3 Å². The highest BCUT2D eigenvalue weighted by molar-refractivity contribution is 9.10. The van der Waals surface area contributed by atoms with Crippen LogP contribution in [0.4, 0.5) is 5.82 Å². The third-order valence-corrected chi connectivity index (χ3v) is 4.08. The molecule has 0 radical (unpaired) electrons. The number of anilines is 1.